The van der Waals surface area contributed by atoms with Crippen LogP contribution in [0.2, 0.25) is 6.32 Å². The second-order valence-electron chi connectivity index (χ2n) is 10.8. The van der Waals surface area contributed by atoms with E-state index < -0.39 is 23.3 Å². The van der Waals surface area contributed by atoms with Crippen LogP contribution in [0.5, 0.6) is 0 Å². The lowest BCUT2D eigenvalue weighted by molar-refractivity contribution is -0.147. The molecule has 0 spiro atoms. The molecule has 2 unspecified atom stereocenters. The average molecular weight is 479 g/mol. The number of carboxylic acid groups (broad SMARTS) is 1. The molecule has 0 radical (unpaired) electrons. The van der Waals surface area contributed by atoms with Crippen LogP contribution in [0.1, 0.15) is 71.4 Å². The molecule has 0 aliphatic carbocycles. The summed E-state index contributed by atoms with van der Waals surface area (Å²) in [5.74, 6) is -0.881. The molecule has 2 saturated heterocycles. The topological polar surface area (TPSA) is 77.0 Å². The van der Waals surface area contributed by atoms with Gasteiger partial charge >= 0.3 is 13.1 Å². The van der Waals surface area contributed by atoms with E-state index in [9.17, 15) is 9.90 Å². The fraction of sp³-hybridized carbons (Fsp3) is 0.536. The highest BCUT2D eigenvalue weighted by atomic mass is 16.7. The van der Waals surface area contributed by atoms with E-state index >= 15 is 0 Å². The first-order valence-electron chi connectivity index (χ1n) is 12.7. The summed E-state index contributed by atoms with van der Waals surface area (Å²) in [5.41, 5.74) is -1.18. The summed E-state index contributed by atoms with van der Waals surface area (Å²) in [6.07, 6.45) is 2.77. The molecule has 2 heterocycles. The van der Waals surface area contributed by atoms with Gasteiger partial charge in [0.1, 0.15) is 5.54 Å². The first-order valence-corrected chi connectivity index (χ1v) is 12.7. The molecule has 2 aromatic rings. The van der Waals surface area contributed by atoms with E-state index in [1.165, 1.54) is 0 Å². The quantitative estimate of drug-likeness (QED) is 0.372. The van der Waals surface area contributed by atoms with Gasteiger partial charge in [0.05, 0.1) is 17.3 Å². The van der Waals surface area contributed by atoms with Crippen LogP contribution in [0.4, 0.5) is 0 Å². The van der Waals surface area contributed by atoms with E-state index in [1.807, 2.05) is 95.3 Å². The fourth-order valence-corrected chi connectivity index (χ4v) is 5.28. The first-order chi connectivity index (χ1) is 16.6. The Balaban J connectivity index is 1.56. The summed E-state index contributed by atoms with van der Waals surface area (Å²) < 4.78 is 18.9. The molecule has 0 aromatic heterocycles. The molecule has 4 rings (SSSR count). The van der Waals surface area contributed by atoms with Crippen molar-refractivity contribution in [3.63, 3.8) is 0 Å². The number of carboxylic acids is 1. The monoisotopic (exact) mass is 479 g/mol. The van der Waals surface area contributed by atoms with Crippen LogP contribution in [0.25, 0.3) is 0 Å². The maximum atomic E-state index is 12.9. The summed E-state index contributed by atoms with van der Waals surface area (Å²) in [4.78, 5) is 12.9. The second-order valence-corrected chi connectivity index (χ2v) is 10.8. The molecule has 0 amide bonds. The Bertz CT molecular complexity index is 957. The SMILES string of the molecule is CCC1OC(c2ccccc2)(c2ccccc2)NC1(CCCCB1OC(C)(C)C(C)(C)O1)C(=O)O. The predicted molar refractivity (Wildman–Crippen MR) is 137 cm³/mol. The zero-order chi connectivity index (χ0) is 25.3. The molecule has 188 valence electrons. The normalized spacial score (nSPS) is 26.7. The molecular formula is C28H38BNO5. The number of nitrogens with one attached hydrogen (secondary N) is 1. The lowest BCUT2D eigenvalue weighted by Crippen LogP contribution is -2.58. The molecule has 0 saturated carbocycles. The van der Waals surface area contributed by atoms with Crippen molar-refractivity contribution < 1.29 is 23.9 Å². The molecule has 6 nitrogen and oxygen atoms in total. The van der Waals surface area contributed by atoms with Gasteiger partial charge in [0.2, 0.25) is 0 Å². The Kier molecular flexibility index (Phi) is 7.17. The predicted octanol–water partition coefficient (Wildman–Crippen LogP) is 5.37. The van der Waals surface area contributed by atoms with Crippen LogP contribution < -0.4 is 5.32 Å². The molecule has 2 aromatic carbocycles. The summed E-state index contributed by atoms with van der Waals surface area (Å²) in [7, 11) is -0.275. The van der Waals surface area contributed by atoms with Gasteiger partial charge in [-0.3, -0.25) is 10.1 Å². The molecule has 7 heteroatoms. The minimum atomic E-state index is -1.21. The van der Waals surface area contributed by atoms with Crippen LogP contribution in [0, 0.1) is 0 Å². The lowest BCUT2D eigenvalue weighted by atomic mass is 9.79. The number of benzene rings is 2. The van der Waals surface area contributed by atoms with E-state index in [0.29, 0.717) is 19.3 Å². The Morgan fingerprint density at radius 3 is 1.89 bits per heavy atom. The summed E-state index contributed by atoms with van der Waals surface area (Å²) in [6.45, 7) is 10.2. The van der Waals surface area contributed by atoms with Gasteiger partial charge in [0.25, 0.3) is 0 Å². The highest BCUT2D eigenvalue weighted by Gasteiger charge is 2.60. The Hall–Kier alpha value is -2.19. The van der Waals surface area contributed by atoms with Gasteiger partial charge in [0.15, 0.2) is 5.72 Å². The van der Waals surface area contributed by atoms with Gasteiger partial charge in [-0.2, -0.15) is 0 Å². The third-order valence-electron chi connectivity index (χ3n) is 7.94. The van der Waals surface area contributed by atoms with E-state index in [1.54, 1.807) is 0 Å². The molecule has 35 heavy (non-hydrogen) atoms. The summed E-state index contributed by atoms with van der Waals surface area (Å²) in [6, 6.07) is 19.7. The summed E-state index contributed by atoms with van der Waals surface area (Å²) >= 11 is 0. The molecule has 2 atom stereocenters. The van der Waals surface area contributed by atoms with Gasteiger partial charge in [0, 0.05) is 11.1 Å². The molecule has 2 fully saturated rings. The van der Waals surface area contributed by atoms with Crippen molar-refractivity contribution in [2.75, 3.05) is 0 Å². The number of rotatable bonds is 9. The van der Waals surface area contributed by atoms with Crippen molar-refractivity contribution >= 4 is 13.1 Å². The number of ether oxygens (including phenoxy) is 1. The van der Waals surface area contributed by atoms with Gasteiger partial charge in [-0.1, -0.05) is 80.4 Å². The molecule has 2 aliphatic rings. The number of aliphatic carboxylic acids is 1. The number of hydrogen-bond acceptors (Lipinski definition) is 5. The van der Waals surface area contributed by atoms with Crippen molar-refractivity contribution in [2.24, 2.45) is 0 Å². The number of unbranched alkanes of at least 4 members (excludes halogenated alkanes) is 1. The maximum absolute atomic E-state index is 12.9. The van der Waals surface area contributed by atoms with Gasteiger partial charge in [-0.05, 0) is 46.9 Å². The van der Waals surface area contributed by atoms with E-state index in [4.69, 9.17) is 14.0 Å². The molecule has 0 bridgehead atoms. The standard InChI is InChI=1S/C28H38BNO5/c1-6-23-27(24(31)32,19-13-14-20-29-34-25(2,3)26(4,5)35-29)30-28(33-23,21-15-9-7-10-16-21)22-17-11-8-12-18-22/h7-12,15-18,23,30H,6,13-14,19-20H2,1-5H3,(H,31,32). The van der Waals surface area contributed by atoms with Crippen molar-refractivity contribution in [3.8, 4) is 0 Å². The van der Waals surface area contributed by atoms with Crippen molar-refractivity contribution in [3.05, 3.63) is 71.8 Å². The molecular weight excluding hydrogens is 441 g/mol. The van der Waals surface area contributed by atoms with Crippen LogP contribution in [-0.2, 0) is 24.6 Å². The molecule has 2 N–H and O–H groups in total. The minimum absolute atomic E-state index is 0.275. The van der Waals surface area contributed by atoms with Crippen LogP contribution in [-0.4, -0.2) is 41.0 Å². The maximum Gasteiger partial charge on any atom is 0.457 e. The lowest BCUT2D eigenvalue weighted by Gasteiger charge is -2.33. The van der Waals surface area contributed by atoms with Gasteiger partial charge < -0.3 is 19.2 Å². The van der Waals surface area contributed by atoms with E-state index in [0.717, 1.165) is 23.9 Å². The fourth-order valence-electron chi connectivity index (χ4n) is 5.28. The smallest absolute Gasteiger partial charge is 0.457 e. The Labute approximate surface area is 209 Å². The van der Waals surface area contributed by atoms with E-state index in [2.05, 4.69) is 5.32 Å². The number of carbonyl (C=O) groups is 1. The number of hydrogen-bond donors (Lipinski definition) is 2. The highest BCUT2D eigenvalue weighted by molar-refractivity contribution is 6.45. The molecule has 2 aliphatic heterocycles. The first kappa shape index (κ1) is 25.9. The van der Waals surface area contributed by atoms with Crippen LogP contribution >= 0.6 is 0 Å². The van der Waals surface area contributed by atoms with Gasteiger partial charge in [-0.25, -0.2) is 0 Å². The van der Waals surface area contributed by atoms with Gasteiger partial charge in [-0.15, -0.1) is 0 Å². The average Bonchev–Trinajstić information content (AvgIpc) is 3.29. The third-order valence-corrected chi connectivity index (χ3v) is 7.94. The minimum Gasteiger partial charge on any atom is -0.480 e. The zero-order valence-electron chi connectivity index (χ0n) is 21.5. The van der Waals surface area contributed by atoms with Crippen LogP contribution in [0.3, 0.4) is 0 Å². The third kappa shape index (κ3) is 4.67. The highest BCUT2D eigenvalue weighted by Crippen LogP contribution is 2.45. The zero-order valence-corrected chi connectivity index (χ0v) is 21.5. The largest absolute Gasteiger partial charge is 0.480 e. The van der Waals surface area contributed by atoms with Crippen molar-refractivity contribution in [1.82, 2.24) is 5.32 Å². The summed E-state index contributed by atoms with van der Waals surface area (Å²) in [5, 5.41) is 14.1. The Morgan fingerprint density at radius 1 is 0.914 bits per heavy atom. The van der Waals surface area contributed by atoms with Crippen molar-refractivity contribution in [2.45, 2.75) is 95.2 Å². The van der Waals surface area contributed by atoms with Crippen LogP contribution in [0.15, 0.2) is 60.7 Å². The van der Waals surface area contributed by atoms with Crippen molar-refractivity contribution in [1.29, 1.82) is 0 Å². The second kappa shape index (κ2) is 9.70. The Morgan fingerprint density at radius 2 is 1.43 bits per heavy atom. The van der Waals surface area contributed by atoms with E-state index in [-0.39, 0.29) is 18.3 Å².